The van der Waals surface area contributed by atoms with Crippen molar-refractivity contribution in [2.45, 2.75) is 18.7 Å². The van der Waals surface area contributed by atoms with Crippen molar-refractivity contribution in [3.05, 3.63) is 35.9 Å². The van der Waals surface area contributed by atoms with Crippen molar-refractivity contribution in [1.29, 1.82) is 0 Å². The average molecular weight is 182 g/mol. The molecule has 1 radical (unpaired) electrons. The number of hydrogen-bond donors (Lipinski definition) is 0. The second-order valence-electron chi connectivity index (χ2n) is 3.09. The van der Waals surface area contributed by atoms with Crippen molar-refractivity contribution in [2.75, 3.05) is 0 Å². The van der Waals surface area contributed by atoms with Crippen LogP contribution in [0.15, 0.2) is 24.3 Å². The minimum Gasteiger partial charge on any atom is -0.292 e. The second kappa shape index (κ2) is 3.28. The molecule has 0 aromatic heterocycles. The number of halogens is 1. The summed E-state index contributed by atoms with van der Waals surface area (Å²) < 4.78 is 0. The van der Waals surface area contributed by atoms with E-state index in [0.29, 0.717) is 5.56 Å². The maximum Gasteiger partial charge on any atom is 0.183 e. The Morgan fingerprint density at radius 2 is 1.92 bits per heavy atom. The molecule has 0 bridgehead atoms. The number of carbonyl (C=O) groups excluding carboxylic acids is 1. The summed E-state index contributed by atoms with van der Waals surface area (Å²) in [7, 11) is 0. The molecule has 0 spiro atoms. The second-order valence-corrected chi connectivity index (χ2v) is 4.04. The van der Waals surface area contributed by atoms with Crippen molar-refractivity contribution < 1.29 is 4.79 Å². The van der Waals surface area contributed by atoms with E-state index in [2.05, 4.69) is 6.07 Å². The average Bonchev–Trinajstić information content (AvgIpc) is 2.03. The predicted molar refractivity (Wildman–Crippen MR) is 49.5 cm³/mol. The lowest BCUT2D eigenvalue weighted by atomic mass is 10.0. The minimum atomic E-state index is -0.818. The van der Waals surface area contributed by atoms with Crippen molar-refractivity contribution in [3.63, 3.8) is 0 Å². The molecule has 1 aromatic rings. The summed E-state index contributed by atoms with van der Waals surface area (Å²) in [6.07, 6.45) is 0. The maximum atomic E-state index is 11.5. The first-order valence-electron chi connectivity index (χ1n) is 3.71. The normalized spacial score (nSPS) is 11.2. The van der Waals surface area contributed by atoms with Crippen LogP contribution in [0.4, 0.5) is 0 Å². The van der Waals surface area contributed by atoms with Crippen molar-refractivity contribution >= 4 is 17.4 Å². The molecule has 0 saturated heterocycles. The highest BCUT2D eigenvalue weighted by atomic mass is 35.5. The van der Waals surface area contributed by atoms with E-state index in [4.69, 9.17) is 11.6 Å². The predicted octanol–water partition coefficient (Wildman–Crippen LogP) is 2.69. The molecule has 63 valence electrons. The number of carbonyl (C=O) groups is 1. The quantitative estimate of drug-likeness (QED) is 0.507. The smallest absolute Gasteiger partial charge is 0.183 e. The highest BCUT2D eigenvalue weighted by Crippen LogP contribution is 2.19. The number of hydrogen-bond acceptors (Lipinski definition) is 1. The fourth-order valence-electron chi connectivity index (χ4n) is 0.881. The molecule has 0 aliphatic heterocycles. The molecule has 0 N–H and O–H groups in total. The molecule has 1 aromatic carbocycles. The summed E-state index contributed by atoms with van der Waals surface area (Å²) in [5.41, 5.74) is 0.633. The van der Waals surface area contributed by atoms with Crippen LogP contribution in [-0.4, -0.2) is 10.7 Å². The highest BCUT2D eigenvalue weighted by Gasteiger charge is 2.24. The van der Waals surface area contributed by atoms with Gasteiger partial charge in [0.25, 0.3) is 0 Å². The molecule has 0 atom stereocenters. The standard InChI is InChI=1S/C10H10ClO/c1-10(2,11)9(12)8-6-4-3-5-7-8/h4-7H,1-2H3. The van der Waals surface area contributed by atoms with Crippen LogP contribution in [0.25, 0.3) is 0 Å². The number of alkyl halides is 1. The van der Waals surface area contributed by atoms with Gasteiger partial charge in [0.1, 0.15) is 4.87 Å². The van der Waals surface area contributed by atoms with E-state index < -0.39 is 4.87 Å². The summed E-state index contributed by atoms with van der Waals surface area (Å²) in [6.45, 7) is 3.38. The van der Waals surface area contributed by atoms with Crippen molar-refractivity contribution in [2.24, 2.45) is 0 Å². The van der Waals surface area contributed by atoms with Gasteiger partial charge in [-0.1, -0.05) is 24.3 Å². The zero-order valence-corrected chi connectivity index (χ0v) is 7.85. The zero-order chi connectivity index (χ0) is 9.19. The Kier molecular flexibility index (Phi) is 2.53. The third kappa shape index (κ3) is 2.08. The highest BCUT2D eigenvalue weighted by molar-refractivity contribution is 6.37. The molecule has 0 unspecified atom stereocenters. The lowest BCUT2D eigenvalue weighted by Crippen LogP contribution is -2.24. The first kappa shape index (κ1) is 9.27. The third-order valence-corrected chi connectivity index (χ3v) is 1.69. The van der Waals surface area contributed by atoms with E-state index in [1.54, 1.807) is 38.1 Å². The van der Waals surface area contributed by atoms with E-state index in [0.717, 1.165) is 0 Å². The molecular weight excluding hydrogens is 172 g/mol. The Bertz CT molecular complexity index is 272. The molecule has 0 aliphatic carbocycles. The molecule has 0 fully saturated rings. The molecular formula is C10H10ClO. The van der Waals surface area contributed by atoms with Crippen LogP contribution in [0.3, 0.4) is 0 Å². The lowest BCUT2D eigenvalue weighted by Gasteiger charge is -2.13. The Hall–Kier alpha value is -0.820. The van der Waals surface area contributed by atoms with E-state index in [9.17, 15) is 4.79 Å². The van der Waals surface area contributed by atoms with Crippen LogP contribution in [0.1, 0.15) is 24.2 Å². The van der Waals surface area contributed by atoms with Gasteiger partial charge in [-0.3, -0.25) is 4.79 Å². The summed E-state index contributed by atoms with van der Waals surface area (Å²) in [6, 6.07) is 9.68. The van der Waals surface area contributed by atoms with Gasteiger partial charge in [-0.25, -0.2) is 0 Å². The van der Waals surface area contributed by atoms with Crippen LogP contribution in [0, 0.1) is 6.07 Å². The van der Waals surface area contributed by atoms with Crippen LogP contribution < -0.4 is 0 Å². The SMILES string of the molecule is CC(C)(Cl)C(=O)c1cc[c]cc1. The first-order chi connectivity index (χ1) is 5.52. The van der Waals surface area contributed by atoms with Crippen LogP contribution >= 0.6 is 11.6 Å². The molecule has 0 saturated carbocycles. The van der Waals surface area contributed by atoms with Crippen molar-refractivity contribution in [1.82, 2.24) is 0 Å². The molecule has 1 rings (SSSR count). The Balaban J connectivity index is 2.94. The molecule has 12 heavy (non-hydrogen) atoms. The number of benzene rings is 1. The molecule has 2 heteroatoms. The van der Waals surface area contributed by atoms with E-state index >= 15 is 0 Å². The fourth-order valence-corrected chi connectivity index (χ4v) is 0.991. The number of rotatable bonds is 2. The van der Waals surface area contributed by atoms with Crippen LogP contribution in [-0.2, 0) is 0 Å². The van der Waals surface area contributed by atoms with E-state index in [1.807, 2.05) is 0 Å². The van der Waals surface area contributed by atoms with Gasteiger partial charge in [0.15, 0.2) is 5.78 Å². The number of ketones is 1. The fraction of sp³-hybridized carbons (Fsp3) is 0.300. The van der Waals surface area contributed by atoms with Gasteiger partial charge in [-0.05, 0) is 19.9 Å². The van der Waals surface area contributed by atoms with Gasteiger partial charge in [-0.15, -0.1) is 11.6 Å². The van der Waals surface area contributed by atoms with Crippen molar-refractivity contribution in [3.8, 4) is 0 Å². The zero-order valence-electron chi connectivity index (χ0n) is 7.10. The topological polar surface area (TPSA) is 17.1 Å². The molecule has 0 amide bonds. The summed E-state index contributed by atoms with van der Waals surface area (Å²) in [5.74, 6) is -0.0573. The van der Waals surface area contributed by atoms with Gasteiger partial charge < -0.3 is 0 Å². The minimum absolute atomic E-state index is 0.0573. The van der Waals surface area contributed by atoms with Gasteiger partial charge in [-0.2, -0.15) is 0 Å². The van der Waals surface area contributed by atoms with E-state index in [-0.39, 0.29) is 5.78 Å². The molecule has 0 aliphatic rings. The summed E-state index contributed by atoms with van der Waals surface area (Å²) in [4.78, 5) is 10.7. The van der Waals surface area contributed by atoms with Gasteiger partial charge in [0, 0.05) is 5.56 Å². The lowest BCUT2D eigenvalue weighted by molar-refractivity contribution is 0.0954. The third-order valence-electron chi connectivity index (χ3n) is 1.52. The number of Topliss-reactive ketones (excluding diaryl/α,β-unsaturated/α-hetero) is 1. The van der Waals surface area contributed by atoms with Gasteiger partial charge in [0.2, 0.25) is 0 Å². The largest absolute Gasteiger partial charge is 0.292 e. The Morgan fingerprint density at radius 1 is 1.42 bits per heavy atom. The first-order valence-corrected chi connectivity index (χ1v) is 4.09. The monoisotopic (exact) mass is 181 g/mol. The Morgan fingerprint density at radius 3 is 2.33 bits per heavy atom. The maximum absolute atomic E-state index is 11.5. The van der Waals surface area contributed by atoms with Crippen LogP contribution in [0.5, 0.6) is 0 Å². The van der Waals surface area contributed by atoms with E-state index in [1.165, 1.54) is 0 Å². The summed E-state index contributed by atoms with van der Waals surface area (Å²) >= 11 is 5.86. The Labute approximate surface area is 77.4 Å². The van der Waals surface area contributed by atoms with Crippen LogP contribution in [0.2, 0.25) is 0 Å². The molecule has 0 heterocycles. The van der Waals surface area contributed by atoms with Gasteiger partial charge >= 0.3 is 0 Å². The summed E-state index contributed by atoms with van der Waals surface area (Å²) in [5, 5.41) is 0. The van der Waals surface area contributed by atoms with Gasteiger partial charge in [0.05, 0.1) is 0 Å². The molecule has 1 nitrogen and oxygen atoms in total.